The van der Waals surface area contributed by atoms with Gasteiger partial charge in [-0.2, -0.15) is 20.2 Å². The van der Waals surface area contributed by atoms with Gasteiger partial charge in [0, 0.05) is 17.2 Å². The van der Waals surface area contributed by atoms with Crippen molar-refractivity contribution >= 4 is 34.7 Å². The van der Waals surface area contributed by atoms with Crippen LogP contribution in [0.5, 0.6) is 5.75 Å². The van der Waals surface area contributed by atoms with Crippen molar-refractivity contribution in [3.8, 4) is 5.75 Å². The lowest BCUT2D eigenvalue weighted by atomic mass is 9.83. The minimum Gasteiger partial charge on any atom is -0.495 e. The standard InChI is InChI=1S/C34H37N7O/c1-21-13-18-31(42-4)30(19-21)35-34-36-32(40-38-28-16-14-22(2)24-9-5-7-11-26(24)28)20-33(37-34)41-39-29-17-15-23(3)25-10-6-8-12-27(25)29/h5-13,18-20,22-23H,14-17H2,1-4H3,(H3,35,36,37,40,41). The quantitative estimate of drug-likeness (QED) is 0.199. The maximum absolute atomic E-state index is 5.58. The van der Waals surface area contributed by atoms with Crippen molar-refractivity contribution in [2.45, 2.75) is 58.3 Å². The minimum atomic E-state index is 0.405. The van der Waals surface area contributed by atoms with E-state index in [1.54, 1.807) is 7.11 Å². The first-order valence-corrected chi connectivity index (χ1v) is 14.6. The fourth-order valence-electron chi connectivity index (χ4n) is 5.81. The van der Waals surface area contributed by atoms with E-state index in [0.29, 0.717) is 35.2 Å². The Labute approximate surface area is 247 Å². The number of hydrazone groups is 2. The van der Waals surface area contributed by atoms with E-state index in [4.69, 9.17) is 24.9 Å². The Morgan fingerprint density at radius 3 is 1.83 bits per heavy atom. The molecule has 42 heavy (non-hydrogen) atoms. The van der Waals surface area contributed by atoms with Gasteiger partial charge in [-0.3, -0.25) is 10.9 Å². The Bertz CT molecular complexity index is 1570. The van der Waals surface area contributed by atoms with Crippen molar-refractivity contribution in [3.05, 3.63) is 101 Å². The van der Waals surface area contributed by atoms with Gasteiger partial charge >= 0.3 is 0 Å². The number of ether oxygens (including phenoxy) is 1. The molecule has 2 atom stereocenters. The Hall–Kier alpha value is -4.72. The first-order valence-electron chi connectivity index (χ1n) is 14.6. The first kappa shape index (κ1) is 27.4. The second-order valence-electron chi connectivity index (χ2n) is 11.2. The number of hydrogen-bond donors (Lipinski definition) is 3. The van der Waals surface area contributed by atoms with Crippen LogP contribution in [-0.2, 0) is 0 Å². The highest BCUT2D eigenvalue weighted by Gasteiger charge is 2.22. The molecule has 8 nitrogen and oxygen atoms in total. The molecule has 0 saturated carbocycles. The number of methoxy groups -OCH3 is 1. The summed E-state index contributed by atoms with van der Waals surface area (Å²) in [6, 6.07) is 24.8. The molecule has 2 aliphatic rings. The third kappa shape index (κ3) is 5.84. The molecule has 3 aromatic carbocycles. The monoisotopic (exact) mass is 559 g/mol. The first-order chi connectivity index (χ1) is 20.5. The maximum Gasteiger partial charge on any atom is 0.231 e. The zero-order valence-corrected chi connectivity index (χ0v) is 24.6. The number of aryl methyl sites for hydroxylation is 1. The van der Waals surface area contributed by atoms with Gasteiger partial charge in [0.15, 0.2) is 11.6 Å². The van der Waals surface area contributed by atoms with Gasteiger partial charge in [-0.25, -0.2) is 0 Å². The van der Waals surface area contributed by atoms with E-state index in [-0.39, 0.29) is 0 Å². The average molecular weight is 560 g/mol. The molecule has 0 spiro atoms. The molecule has 1 aromatic heterocycles. The summed E-state index contributed by atoms with van der Waals surface area (Å²) in [5, 5.41) is 13.0. The Kier molecular flexibility index (Phi) is 7.86. The van der Waals surface area contributed by atoms with Crippen LogP contribution in [0.1, 0.15) is 79.2 Å². The lowest BCUT2D eigenvalue weighted by molar-refractivity contribution is 0.416. The molecule has 0 amide bonds. The molecule has 214 valence electrons. The van der Waals surface area contributed by atoms with Gasteiger partial charge in [-0.1, -0.05) is 68.4 Å². The van der Waals surface area contributed by atoms with Gasteiger partial charge in [-0.15, -0.1) is 0 Å². The largest absolute Gasteiger partial charge is 0.495 e. The highest BCUT2D eigenvalue weighted by Crippen LogP contribution is 2.33. The van der Waals surface area contributed by atoms with Crippen LogP contribution in [-0.4, -0.2) is 28.5 Å². The van der Waals surface area contributed by atoms with Crippen LogP contribution in [0, 0.1) is 6.92 Å². The number of benzene rings is 3. The molecule has 1 heterocycles. The Balaban J connectivity index is 1.33. The molecule has 3 N–H and O–H groups in total. The van der Waals surface area contributed by atoms with Crippen LogP contribution in [0.25, 0.3) is 0 Å². The van der Waals surface area contributed by atoms with Crippen molar-refractivity contribution in [2.24, 2.45) is 10.2 Å². The molecule has 8 heteroatoms. The number of aromatic nitrogens is 2. The number of hydrogen-bond acceptors (Lipinski definition) is 8. The number of anilines is 4. The summed E-state index contributed by atoms with van der Waals surface area (Å²) in [5.74, 6) is 3.26. The topological polar surface area (TPSA) is 95.8 Å². The normalized spacial score (nSPS) is 19.6. The van der Waals surface area contributed by atoms with Gasteiger partial charge in [0.2, 0.25) is 5.95 Å². The Morgan fingerprint density at radius 1 is 0.738 bits per heavy atom. The molecule has 0 aliphatic heterocycles. The SMILES string of the molecule is COc1ccc(C)cc1Nc1nc(NN=C2CCC(C)c3ccccc32)cc(NN=C2CCC(C)c3ccccc32)n1. The van der Waals surface area contributed by atoms with Gasteiger partial charge in [0.1, 0.15) is 5.75 Å². The van der Waals surface area contributed by atoms with E-state index < -0.39 is 0 Å². The van der Waals surface area contributed by atoms with Crippen molar-refractivity contribution in [3.63, 3.8) is 0 Å². The zero-order chi connectivity index (χ0) is 29.1. The van der Waals surface area contributed by atoms with E-state index in [0.717, 1.165) is 48.4 Å². The van der Waals surface area contributed by atoms with Gasteiger partial charge in [0.05, 0.1) is 24.2 Å². The van der Waals surface area contributed by atoms with Crippen LogP contribution in [0.4, 0.5) is 23.3 Å². The van der Waals surface area contributed by atoms with Crippen LogP contribution in [0.15, 0.2) is 83.0 Å². The van der Waals surface area contributed by atoms with Crippen molar-refractivity contribution in [1.82, 2.24) is 9.97 Å². The van der Waals surface area contributed by atoms with Gasteiger partial charge in [-0.05, 0) is 73.3 Å². The van der Waals surface area contributed by atoms with Crippen LogP contribution < -0.4 is 20.9 Å². The van der Waals surface area contributed by atoms with E-state index in [2.05, 4.69) is 78.5 Å². The molecular weight excluding hydrogens is 522 g/mol. The van der Waals surface area contributed by atoms with E-state index >= 15 is 0 Å². The lowest BCUT2D eigenvalue weighted by Crippen LogP contribution is -2.16. The zero-order valence-electron chi connectivity index (χ0n) is 24.6. The Morgan fingerprint density at radius 2 is 1.29 bits per heavy atom. The molecule has 2 unspecified atom stereocenters. The fourth-order valence-corrected chi connectivity index (χ4v) is 5.81. The number of nitrogens with zero attached hydrogens (tertiary/aromatic N) is 4. The summed E-state index contributed by atoms with van der Waals surface area (Å²) in [6.07, 6.45) is 3.92. The molecule has 0 radical (unpaired) electrons. The third-order valence-electron chi connectivity index (χ3n) is 8.17. The predicted molar refractivity (Wildman–Crippen MR) is 172 cm³/mol. The second kappa shape index (κ2) is 12.0. The summed E-state index contributed by atoms with van der Waals surface area (Å²) in [5.41, 5.74) is 15.4. The van der Waals surface area contributed by atoms with Crippen LogP contribution >= 0.6 is 0 Å². The molecule has 0 bridgehead atoms. The number of fused-ring (bicyclic) bond motifs is 2. The smallest absolute Gasteiger partial charge is 0.231 e. The highest BCUT2D eigenvalue weighted by molar-refractivity contribution is 6.04. The maximum atomic E-state index is 5.58. The summed E-state index contributed by atoms with van der Waals surface area (Å²) >= 11 is 0. The van der Waals surface area contributed by atoms with Crippen molar-refractivity contribution in [2.75, 3.05) is 23.3 Å². The third-order valence-corrected chi connectivity index (χ3v) is 8.17. The van der Waals surface area contributed by atoms with Crippen molar-refractivity contribution in [1.29, 1.82) is 0 Å². The molecule has 4 aromatic rings. The number of nitrogens with one attached hydrogen (secondary N) is 3. The van der Waals surface area contributed by atoms with Crippen molar-refractivity contribution < 1.29 is 4.74 Å². The van der Waals surface area contributed by atoms with Crippen LogP contribution in [0.3, 0.4) is 0 Å². The fraction of sp³-hybridized carbons (Fsp3) is 0.294. The highest BCUT2D eigenvalue weighted by atomic mass is 16.5. The number of rotatable bonds is 7. The van der Waals surface area contributed by atoms with E-state index in [1.165, 1.54) is 22.3 Å². The molecular formula is C34H37N7O. The summed E-state index contributed by atoms with van der Waals surface area (Å²) in [6.45, 7) is 6.58. The molecule has 6 rings (SSSR count). The summed E-state index contributed by atoms with van der Waals surface area (Å²) < 4.78 is 5.58. The molecule has 0 saturated heterocycles. The van der Waals surface area contributed by atoms with Gasteiger partial charge < -0.3 is 10.1 Å². The van der Waals surface area contributed by atoms with Crippen LogP contribution in [0.2, 0.25) is 0 Å². The predicted octanol–water partition coefficient (Wildman–Crippen LogP) is 7.96. The van der Waals surface area contributed by atoms with Gasteiger partial charge in [0.25, 0.3) is 0 Å². The molecule has 0 fully saturated rings. The summed E-state index contributed by atoms with van der Waals surface area (Å²) in [7, 11) is 1.65. The second-order valence-corrected chi connectivity index (χ2v) is 11.2. The average Bonchev–Trinajstić information content (AvgIpc) is 3.01. The van der Waals surface area contributed by atoms with E-state index in [1.807, 2.05) is 31.2 Å². The van der Waals surface area contributed by atoms with E-state index in [9.17, 15) is 0 Å². The molecule has 2 aliphatic carbocycles. The lowest BCUT2D eigenvalue weighted by Gasteiger charge is -2.23. The minimum absolute atomic E-state index is 0.405. The summed E-state index contributed by atoms with van der Waals surface area (Å²) in [4.78, 5) is 9.49.